The number of nitrogens with one attached hydrogen (secondary N) is 2. The number of rotatable bonds is 5. The first kappa shape index (κ1) is 19.6. The molecule has 0 saturated carbocycles. The lowest BCUT2D eigenvalue weighted by molar-refractivity contribution is -0.137. The fourth-order valence-corrected chi connectivity index (χ4v) is 3.34. The molecular weight excluding hydrogens is 390 g/mol. The van der Waals surface area contributed by atoms with Gasteiger partial charge in [-0.15, -0.1) is 0 Å². The molecule has 1 saturated heterocycles. The van der Waals surface area contributed by atoms with Gasteiger partial charge in [0.2, 0.25) is 0 Å². The summed E-state index contributed by atoms with van der Waals surface area (Å²) >= 11 is 5.94. The number of nitrogens with zero attached hydrogens (tertiary/aromatic N) is 1. The van der Waals surface area contributed by atoms with Crippen molar-refractivity contribution in [2.45, 2.75) is 25.7 Å². The van der Waals surface area contributed by atoms with Crippen molar-refractivity contribution in [1.29, 1.82) is 0 Å². The molecule has 1 aliphatic heterocycles. The van der Waals surface area contributed by atoms with Crippen molar-refractivity contribution in [3.8, 4) is 22.5 Å². The van der Waals surface area contributed by atoms with E-state index in [4.69, 9.17) is 21.1 Å². The van der Waals surface area contributed by atoms with E-state index in [9.17, 15) is 4.79 Å². The van der Waals surface area contributed by atoms with Gasteiger partial charge in [-0.1, -0.05) is 35.9 Å². The van der Waals surface area contributed by atoms with Crippen molar-refractivity contribution < 1.29 is 14.3 Å². The molecular formula is C22H22ClN3O3. The van der Waals surface area contributed by atoms with E-state index in [0.717, 1.165) is 22.5 Å². The van der Waals surface area contributed by atoms with Crippen LogP contribution in [-0.2, 0) is 9.47 Å². The normalized spacial score (nSPS) is 18.0. The monoisotopic (exact) mass is 411 g/mol. The highest BCUT2D eigenvalue weighted by atomic mass is 35.5. The molecule has 150 valence electrons. The van der Waals surface area contributed by atoms with Crippen molar-refractivity contribution in [2.75, 3.05) is 13.2 Å². The zero-order valence-corrected chi connectivity index (χ0v) is 17.0. The Bertz CT molecular complexity index is 997. The van der Waals surface area contributed by atoms with Crippen LogP contribution in [0.1, 0.15) is 24.2 Å². The minimum Gasteiger partial charge on any atom is -0.349 e. The average molecular weight is 412 g/mol. The van der Waals surface area contributed by atoms with Crippen molar-refractivity contribution in [1.82, 2.24) is 15.5 Å². The van der Waals surface area contributed by atoms with Crippen LogP contribution in [0.15, 0.2) is 54.6 Å². The molecule has 1 aromatic heterocycles. The minimum atomic E-state index is -0.592. The Morgan fingerprint density at radius 1 is 1.17 bits per heavy atom. The van der Waals surface area contributed by atoms with E-state index < -0.39 is 5.79 Å². The van der Waals surface area contributed by atoms with E-state index in [-0.39, 0.29) is 12.0 Å². The average Bonchev–Trinajstić information content (AvgIpc) is 3.33. The summed E-state index contributed by atoms with van der Waals surface area (Å²) < 4.78 is 11.2. The number of aromatic nitrogens is 2. The fraction of sp³-hybridized carbons (Fsp3) is 0.273. The Kier molecular flexibility index (Phi) is 5.41. The van der Waals surface area contributed by atoms with E-state index >= 15 is 0 Å². The molecule has 29 heavy (non-hydrogen) atoms. The van der Waals surface area contributed by atoms with Crippen LogP contribution in [0.5, 0.6) is 0 Å². The number of aromatic amines is 1. The second-order valence-corrected chi connectivity index (χ2v) is 7.85. The van der Waals surface area contributed by atoms with Gasteiger partial charge in [0.05, 0.1) is 18.0 Å². The van der Waals surface area contributed by atoms with Gasteiger partial charge in [0, 0.05) is 22.7 Å². The number of hydrogen-bond acceptors (Lipinski definition) is 4. The van der Waals surface area contributed by atoms with Gasteiger partial charge in [0.25, 0.3) is 5.91 Å². The molecule has 2 N–H and O–H groups in total. The van der Waals surface area contributed by atoms with Crippen LogP contribution in [0.3, 0.4) is 0 Å². The number of amides is 1. The zero-order chi connectivity index (χ0) is 20.4. The SMILES string of the molecule is CC1(C)OCC(CNC(=O)c2ccc(-c3cc(-c4ccc(Cl)cc4)[nH]n3)cc2)O1. The van der Waals surface area contributed by atoms with Crippen LogP contribution >= 0.6 is 11.6 Å². The van der Waals surface area contributed by atoms with Crippen LogP contribution in [-0.4, -0.2) is 41.1 Å². The van der Waals surface area contributed by atoms with Gasteiger partial charge < -0.3 is 14.8 Å². The van der Waals surface area contributed by atoms with Gasteiger partial charge in [-0.2, -0.15) is 5.10 Å². The van der Waals surface area contributed by atoms with Gasteiger partial charge in [-0.05, 0) is 49.7 Å². The minimum absolute atomic E-state index is 0.136. The summed E-state index contributed by atoms with van der Waals surface area (Å²) in [6.07, 6.45) is -0.136. The number of hydrogen-bond donors (Lipinski definition) is 2. The first-order valence-electron chi connectivity index (χ1n) is 9.41. The maximum absolute atomic E-state index is 12.4. The number of carbonyl (C=O) groups excluding carboxylic acids is 1. The maximum Gasteiger partial charge on any atom is 0.251 e. The fourth-order valence-electron chi connectivity index (χ4n) is 3.21. The smallest absolute Gasteiger partial charge is 0.251 e. The van der Waals surface area contributed by atoms with Crippen LogP contribution in [0.25, 0.3) is 22.5 Å². The highest BCUT2D eigenvalue weighted by Crippen LogP contribution is 2.25. The Hall–Kier alpha value is -2.67. The molecule has 6 nitrogen and oxygen atoms in total. The maximum atomic E-state index is 12.4. The first-order chi connectivity index (χ1) is 13.9. The highest BCUT2D eigenvalue weighted by molar-refractivity contribution is 6.30. The molecule has 3 aromatic rings. The number of benzene rings is 2. The van der Waals surface area contributed by atoms with Gasteiger partial charge in [-0.25, -0.2) is 0 Å². The molecule has 0 radical (unpaired) electrons. The topological polar surface area (TPSA) is 76.2 Å². The number of halogens is 1. The van der Waals surface area contributed by atoms with Crippen LogP contribution in [0.2, 0.25) is 5.02 Å². The van der Waals surface area contributed by atoms with E-state index in [1.807, 2.05) is 56.3 Å². The molecule has 1 atom stereocenters. The van der Waals surface area contributed by atoms with Crippen molar-refractivity contribution in [2.24, 2.45) is 0 Å². The van der Waals surface area contributed by atoms with Gasteiger partial charge in [0.15, 0.2) is 5.79 Å². The van der Waals surface area contributed by atoms with Crippen LogP contribution in [0.4, 0.5) is 0 Å². The molecule has 0 spiro atoms. The lowest BCUT2D eigenvalue weighted by Gasteiger charge is -2.17. The second kappa shape index (κ2) is 7.99. The second-order valence-electron chi connectivity index (χ2n) is 7.41. The zero-order valence-electron chi connectivity index (χ0n) is 16.2. The third-order valence-corrected chi connectivity index (χ3v) is 4.99. The third kappa shape index (κ3) is 4.67. The molecule has 2 aromatic carbocycles. The molecule has 1 amide bonds. The number of ether oxygens (including phenoxy) is 2. The lowest BCUT2D eigenvalue weighted by Crippen LogP contribution is -2.34. The lowest BCUT2D eigenvalue weighted by atomic mass is 10.1. The molecule has 4 rings (SSSR count). The molecule has 0 aliphatic carbocycles. The predicted molar refractivity (Wildman–Crippen MR) is 112 cm³/mol. The molecule has 7 heteroatoms. The van der Waals surface area contributed by atoms with Gasteiger partial charge in [-0.3, -0.25) is 9.89 Å². The van der Waals surface area contributed by atoms with Gasteiger partial charge in [0.1, 0.15) is 6.10 Å². The Morgan fingerprint density at radius 2 is 1.86 bits per heavy atom. The van der Waals surface area contributed by atoms with Gasteiger partial charge >= 0.3 is 0 Å². The van der Waals surface area contributed by atoms with Crippen LogP contribution in [0, 0.1) is 0 Å². The number of carbonyl (C=O) groups is 1. The van der Waals surface area contributed by atoms with Crippen LogP contribution < -0.4 is 5.32 Å². The highest BCUT2D eigenvalue weighted by Gasteiger charge is 2.32. The Labute approximate surface area is 174 Å². The first-order valence-corrected chi connectivity index (χ1v) is 9.79. The van der Waals surface area contributed by atoms with Crippen molar-refractivity contribution >= 4 is 17.5 Å². The Morgan fingerprint density at radius 3 is 2.52 bits per heavy atom. The summed E-state index contributed by atoms with van der Waals surface area (Å²) in [4.78, 5) is 12.4. The summed E-state index contributed by atoms with van der Waals surface area (Å²) in [6.45, 7) is 4.61. The molecule has 1 fully saturated rings. The molecule has 1 unspecified atom stereocenters. The molecule has 2 heterocycles. The van der Waals surface area contributed by atoms with E-state index in [2.05, 4.69) is 15.5 Å². The largest absolute Gasteiger partial charge is 0.349 e. The predicted octanol–water partition coefficient (Wildman–Crippen LogP) is 4.28. The van der Waals surface area contributed by atoms with Crippen molar-refractivity contribution in [3.05, 3.63) is 65.2 Å². The Balaban J connectivity index is 1.39. The van der Waals surface area contributed by atoms with E-state index in [0.29, 0.717) is 23.7 Å². The van der Waals surface area contributed by atoms with Crippen molar-refractivity contribution in [3.63, 3.8) is 0 Å². The summed E-state index contributed by atoms with van der Waals surface area (Å²) in [7, 11) is 0. The molecule has 1 aliphatic rings. The standard InChI is InChI=1S/C22H22ClN3O3/c1-22(2)28-13-18(29-22)12-24-21(27)16-5-3-14(4-6-16)19-11-20(26-25-19)15-7-9-17(23)10-8-15/h3-11,18H,12-13H2,1-2H3,(H,24,27)(H,25,26). The third-order valence-electron chi connectivity index (χ3n) is 4.73. The summed E-state index contributed by atoms with van der Waals surface area (Å²) in [6, 6.07) is 16.9. The quantitative estimate of drug-likeness (QED) is 0.657. The number of H-pyrrole nitrogens is 1. The molecule has 0 bridgehead atoms. The summed E-state index contributed by atoms with van der Waals surface area (Å²) in [5.41, 5.74) is 4.22. The summed E-state index contributed by atoms with van der Waals surface area (Å²) in [5.74, 6) is -0.736. The van der Waals surface area contributed by atoms with E-state index in [1.54, 1.807) is 12.1 Å². The van der Waals surface area contributed by atoms with E-state index in [1.165, 1.54) is 0 Å². The summed E-state index contributed by atoms with van der Waals surface area (Å²) in [5, 5.41) is 11.0.